The topological polar surface area (TPSA) is 66.4 Å². The number of benzene rings is 1. The van der Waals surface area contributed by atoms with E-state index in [-0.39, 0.29) is 22.9 Å². The fraction of sp³-hybridized carbons (Fsp3) is 0.556. The van der Waals surface area contributed by atoms with Crippen LogP contribution in [0.5, 0.6) is 0 Å². The van der Waals surface area contributed by atoms with E-state index in [2.05, 4.69) is 22.6 Å². The molecule has 6 nitrogen and oxygen atoms in total. The highest BCUT2D eigenvalue weighted by molar-refractivity contribution is 5.99. The van der Waals surface area contributed by atoms with Crippen molar-refractivity contribution >= 4 is 11.6 Å². The first-order chi connectivity index (χ1) is 17.9. The lowest BCUT2D eigenvalue weighted by Gasteiger charge is -2.38. The largest absolute Gasteiger partial charge is 0.381 e. The second kappa shape index (κ2) is 9.98. The minimum atomic E-state index is -3.01. The van der Waals surface area contributed by atoms with Gasteiger partial charge in [-0.15, -0.1) is 0 Å². The third-order valence-electron chi connectivity index (χ3n) is 8.23. The highest BCUT2D eigenvalue weighted by Crippen LogP contribution is 2.45. The van der Waals surface area contributed by atoms with Crippen LogP contribution in [-0.2, 0) is 0 Å². The first-order valence-electron chi connectivity index (χ1n) is 12.9. The number of anilines is 1. The number of likely N-dealkylation sites (tertiary alicyclic amines) is 1. The molecule has 1 aliphatic heterocycles. The number of nitrogens with one attached hydrogen (secondary N) is 2. The van der Waals surface area contributed by atoms with Gasteiger partial charge in [0, 0.05) is 55.8 Å². The van der Waals surface area contributed by atoms with E-state index in [1.54, 1.807) is 0 Å². The van der Waals surface area contributed by atoms with Gasteiger partial charge in [0.25, 0.3) is 23.8 Å². The van der Waals surface area contributed by atoms with Crippen LogP contribution in [0.15, 0.2) is 35.3 Å². The molecule has 2 bridgehead atoms. The molecule has 1 amide bonds. The Morgan fingerprint density at radius 3 is 2.34 bits per heavy atom. The summed E-state index contributed by atoms with van der Waals surface area (Å²) in [4.78, 5) is 28.7. The summed E-state index contributed by atoms with van der Waals surface area (Å²) in [6.07, 6.45) is -0.694. The van der Waals surface area contributed by atoms with Crippen LogP contribution in [0.4, 0.5) is 27.6 Å². The van der Waals surface area contributed by atoms with Gasteiger partial charge in [0.1, 0.15) is 5.82 Å². The molecule has 2 heterocycles. The number of pyridine rings is 1. The molecule has 5 rings (SSSR count). The molecule has 1 aromatic carbocycles. The number of alkyl halides is 4. The van der Waals surface area contributed by atoms with Crippen molar-refractivity contribution < 1.29 is 26.7 Å². The van der Waals surface area contributed by atoms with E-state index in [9.17, 15) is 31.5 Å². The minimum Gasteiger partial charge on any atom is -0.381 e. The molecule has 3 fully saturated rings. The third kappa shape index (κ3) is 5.04. The lowest BCUT2D eigenvalue weighted by molar-refractivity contribution is -0.104. The van der Waals surface area contributed by atoms with Crippen LogP contribution in [0, 0.1) is 17.7 Å². The molecule has 2 aromatic rings. The Hall–Kier alpha value is -2.95. The Balaban J connectivity index is 1.45. The fourth-order valence-corrected chi connectivity index (χ4v) is 6.26. The molecule has 2 saturated carbocycles. The highest BCUT2D eigenvalue weighted by Gasteiger charge is 2.47. The Morgan fingerprint density at radius 2 is 1.74 bits per heavy atom. The van der Waals surface area contributed by atoms with Crippen molar-refractivity contribution in [3.8, 4) is 0 Å². The Morgan fingerprint density at radius 1 is 1.11 bits per heavy atom. The number of carbonyl (C=O) groups excluding carboxylic acids is 1. The summed E-state index contributed by atoms with van der Waals surface area (Å²) >= 11 is 0. The maximum Gasteiger partial charge on any atom is 0.266 e. The van der Waals surface area contributed by atoms with Crippen LogP contribution in [0.25, 0.3) is 0 Å². The van der Waals surface area contributed by atoms with Crippen LogP contribution in [0.2, 0.25) is 0 Å². The first-order valence-corrected chi connectivity index (χ1v) is 12.9. The molecule has 38 heavy (non-hydrogen) atoms. The summed E-state index contributed by atoms with van der Waals surface area (Å²) in [5.74, 6) is -3.97. The van der Waals surface area contributed by atoms with E-state index in [0.29, 0.717) is 11.8 Å². The van der Waals surface area contributed by atoms with E-state index in [0.717, 1.165) is 36.6 Å². The number of fused-ring (bicyclic) bond motifs is 2. The molecule has 3 aliphatic rings. The molecule has 0 radical (unpaired) electrons. The number of hydrogen-bond donors (Lipinski definition) is 2. The average Bonchev–Trinajstić information content (AvgIpc) is 3.05. The lowest BCUT2D eigenvalue weighted by Crippen LogP contribution is -2.47. The Labute approximate surface area is 217 Å². The lowest BCUT2D eigenvalue weighted by atomic mass is 9.87. The predicted octanol–water partition coefficient (Wildman–Crippen LogP) is 5.14. The Bertz CT molecular complexity index is 1260. The number of carbonyl (C=O) groups is 1. The van der Waals surface area contributed by atoms with Crippen LogP contribution < -0.4 is 16.2 Å². The zero-order valence-corrected chi connectivity index (χ0v) is 21.2. The summed E-state index contributed by atoms with van der Waals surface area (Å²) in [6.45, 7) is 3.22. The normalized spacial score (nSPS) is 25.7. The van der Waals surface area contributed by atoms with Gasteiger partial charge in [-0.25, -0.2) is 22.0 Å². The molecule has 11 heteroatoms. The molecule has 206 valence electrons. The minimum absolute atomic E-state index is 0.0404. The van der Waals surface area contributed by atoms with Crippen molar-refractivity contribution in [3.63, 3.8) is 0 Å². The molecular weight excluding hydrogens is 507 g/mol. The molecule has 2 aliphatic carbocycles. The average molecular weight is 539 g/mol. The van der Waals surface area contributed by atoms with Crippen molar-refractivity contribution in [2.45, 2.75) is 63.1 Å². The highest BCUT2D eigenvalue weighted by atomic mass is 19.3. The fourth-order valence-electron chi connectivity index (χ4n) is 6.26. The summed E-state index contributed by atoms with van der Waals surface area (Å²) in [5.41, 5.74) is -1.01. The van der Waals surface area contributed by atoms with Crippen LogP contribution in [-0.4, -0.2) is 47.5 Å². The van der Waals surface area contributed by atoms with Gasteiger partial charge in [-0.2, -0.15) is 0 Å². The van der Waals surface area contributed by atoms with Gasteiger partial charge in [0.2, 0.25) is 0 Å². The summed E-state index contributed by atoms with van der Waals surface area (Å²) in [7, 11) is 2.06. The smallest absolute Gasteiger partial charge is 0.266 e. The molecule has 1 saturated heterocycles. The number of halogens is 5. The number of piperidine rings is 1. The van der Waals surface area contributed by atoms with Crippen LogP contribution >= 0.6 is 0 Å². The standard InChI is InChI=1S/C27H31F5N4O2/c1-14(18-4-3-5-19(23(18)28)25(29)30)33-26(38)20-13-36(17-9-27(31,32)10-17)22(37)8-21(20)34-24-15-6-7-16(24)12-35(2)11-15/h3-5,8,13-17,24-25,34H,6-7,9-12H2,1-2H3,(H,33,38)/t14-,15-,16+,24-/m1/s1. The second-order valence-electron chi connectivity index (χ2n) is 11.0. The van der Waals surface area contributed by atoms with E-state index in [1.165, 1.54) is 31.3 Å². The molecule has 1 aromatic heterocycles. The van der Waals surface area contributed by atoms with E-state index in [1.807, 2.05) is 0 Å². The SMILES string of the molecule is C[C@@H](NC(=O)c1cn(C2CC(F)(F)C2)c(=O)cc1N[C@@H]1[C@@H]2CC[C@H]1CN(C)C2)c1cccc(C(F)F)c1F. The van der Waals surface area contributed by atoms with Crippen LogP contribution in [0.3, 0.4) is 0 Å². The number of amides is 1. The molecule has 2 N–H and O–H groups in total. The van der Waals surface area contributed by atoms with Gasteiger partial charge in [-0.1, -0.05) is 18.2 Å². The summed E-state index contributed by atoms with van der Waals surface area (Å²) < 4.78 is 69.4. The quantitative estimate of drug-likeness (QED) is 0.480. The second-order valence-corrected chi connectivity index (χ2v) is 11.0. The summed E-state index contributed by atoms with van der Waals surface area (Å²) in [5, 5.41) is 6.04. The third-order valence-corrected chi connectivity index (χ3v) is 8.23. The molecular formula is C27H31F5N4O2. The number of hydrogen-bond acceptors (Lipinski definition) is 4. The molecule has 4 atom stereocenters. The van der Waals surface area contributed by atoms with E-state index >= 15 is 0 Å². The zero-order chi connectivity index (χ0) is 27.4. The zero-order valence-electron chi connectivity index (χ0n) is 21.2. The number of rotatable bonds is 7. The van der Waals surface area contributed by atoms with Crippen molar-refractivity contribution in [3.05, 3.63) is 63.3 Å². The van der Waals surface area contributed by atoms with Crippen molar-refractivity contribution in [2.75, 3.05) is 25.5 Å². The van der Waals surface area contributed by atoms with Crippen molar-refractivity contribution in [1.29, 1.82) is 0 Å². The van der Waals surface area contributed by atoms with E-state index in [4.69, 9.17) is 0 Å². The van der Waals surface area contributed by atoms with Crippen molar-refractivity contribution in [1.82, 2.24) is 14.8 Å². The molecule has 0 unspecified atom stereocenters. The number of nitrogens with zero attached hydrogens (tertiary/aromatic N) is 2. The first kappa shape index (κ1) is 26.6. The van der Waals surface area contributed by atoms with Gasteiger partial charge < -0.3 is 20.1 Å². The van der Waals surface area contributed by atoms with Gasteiger partial charge in [0.05, 0.1) is 22.9 Å². The van der Waals surface area contributed by atoms with Gasteiger partial charge >= 0.3 is 0 Å². The van der Waals surface area contributed by atoms with Gasteiger partial charge in [-0.05, 0) is 38.6 Å². The van der Waals surface area contributed by atoms with Crippen LogP contribution in [0.1, 0.15) is 72.6 Å². The maximum absolute atomic E-state index is 14.7. The Kier molecular flexibility index (Phi) is 7.00. The monoisotopic (exact) mass is 538 g/mol. The molecule has 0 spiro atoms. The number of aromatic nitrogens is 1. The van der Waals surface area contributed by atoms with Crippen molar-refractivity contribution in [2.24, 2.45) is 11.8 Å². The van der Waals surface area contributed by atoms with Gasteiger partial charge in [-0.3, -0.25) is 9.59 Å². The van der Waals surface area contributed by atoms with Gasteiger partial charge in [0.15, 0.2) is 0 Å². The van der Waals surface area contributed by atoms with E-state index < -0.39 is 60.1 Å². The predicted molar refractivity (Wildman–Crippen MR) is 132 cm³/mol. The maximum atomic E-state index is 14.7. The summed E-state index contributed by atoms with van der Waals surface area (Å²) in [6, 6.07) is 3.20.